The Hall–Kier alpha value is -1.74. The lowest BCUT2D eigenvalue weighted by atomic mass is 9.67. The van der Waals surface area contributed by atoms with Crippen molar-refractivity contribution in [3.05, 3.63) is 53.8 Å². The van der Waals surface area contributed by atoms with Gasteiger partial charge in [-0.25, -0.2) is 0 Å². The third kappa shape index (κ3) is 8.65. The Labute approximate surface area is 178 Å². The molecule has 1 N–H and O–H groups in total. The minimum atomic E-state index is 0.224. The number of para-hydroxylation sites is 1. The van der Waals surface area contributed by atoms with Crippen LogP contribution in [-0.2, 0) is 9.47 Å². The van der Waals surface area contributed by atoms with Gasteiger partial charge in [-0.2, -0.15) is 0 Å². The molecule has 2 rings (SSSR count). The first-order valence-electron chi connectivity index (χ1n) is 11.1. The molecule has 1 aromatic carbocycles. The quantitative estimate of drug-likeness (QED) is 0.413. The predicted octanol–water partition coefficient (Wildman–Crippen LogP) is 6.83. The summed E-state index contributed by atoms with van der Waals surface area (Å²) in [7, 11) is 0. The van der Waals surface area contributed by atoms with Gasteiger partial charge in [-0.3, -0.25) is 0 Å². The first-order chi connectivity index (χ1) is 13.7. The van der Waals surface area contributed by atoms with Crippen LogP contribution < -0.4 is 5.32 Å². The molecule has 29 heavy (non-hydrogen) atoms. The molecular formula is C26H41NO2. The Morgan fingerprint density at radius 1 is 0.966 bits per heavy atom. The van der Waals surface area contributed by atoms with Gasteiger partial charge in [-0.05, 0) is 41.4 Å². The van der Waals surface area contributed by atoms with Gasteiger partial charge >= 0.3 is 0 Å². The zero-order chi connectivity index (χ0) is 21.3. The van der Waals surface area contributed by atoms with Crippen molar-refractivity contribution in [1.29, 1.82) is 0 Å². The molecule has 162 valence electrons. The van der Waals surface area contributed by atoms with Crippen molar-refractivity contribution in [3.63, 3.8) is 0 Å². The summed E-state index contributed by atoms with van der Waals surface area (Å²) < 4.78 is 11.7. The second-order valence-electron chi connectivity index (χ2n) is 10.1. The summed E-state index contributed by atoms with van der Waals surface area (Å²) in [6.07, 6.45) is 7.60. The van der Waals surface area contributed by atoms with Gasteiger partial charge in [-0.15, -0.1) is 0 Å². The maximum absolute atomic E-state index is 6.01. The summed E-state index contributed by atoms with van der Waals surface area (Å²) >= 11 is 0. The van der Waals surface area contributed by atoms with Gasteiger partial charge in [0.2, 0.25) is 0 Å². The minimum Gasteiger partial charge on any atom is -0.498 e. The minimum absolute atomic E-state index is 0.224. The zero-order valence-corrected chi connectivity index (χ0v) is 19.4. The molecule has 0 aliphatic heterocycles. The van der Waals surface area contributed by atoms with E-state index in [1.807, 2.05) is 18.2 Å². The van der Waals surface area contributed by atoms with Gasteiger partial charge in [0, 0.05) is 31.7 Å². The van der Waals surface area contributed by atoms with E-state index < -0.39 is 0 Å². The molecule has 0 spiro atoms. The van der Waals surface area contributed by atoms with Crippen LogP contribution in [0.15, 0.2) is 53.8 Å². The fourth-order valence-electron chi connectivity index (χ4n) is 4.54. The van der Waals surface area contributed by atoms with Crippen molar-refractivity contribution in [1.82, 2.24) is 0 Å². The summed E-state index contributed by atoms with van der Waals surface area (Å²) in [6, 6.07) is 10.2. The van der Waals surface area contributed by atoms with E-state index in [-0.39, 0.29) is 5.41 Å². The van der Waals surface area contributed by atoms with Gasteiger partial charge in [0.05, 0.1) is 19.0 Å². The number of hydrogen-bond donors (Lipinski definition) is 1. The maximum Gasteiger partial charge on any atom is 0.0965 e. The van der Waals surface area contributed by atoms with Crippen molar-refractivity contribution in [3.8, 4) is 0 Å². The van der Waals surface area contributed by atoms with Gasteiger partial charge in [0.1, 0.15) is 0 Å². The topological polar surface area (TPSA) is 30.5 Å². The normalized spacial score (nSPS) is 17.5. The van der Waals surface area contributed by atoms with Gasteiger partial charge in [0.25, 0.3) is 0 Å². The third-order valence-electron chi connectivity index (χ3n) is 5.31. The molecule has 0 amide bonds. The van der Waals surface area contributed by atoms with E-state index in [1.54, 1.807) is 5.57 Å². The molecule has 0 fully saturated rings. The second kappa shape index (κ2) is 10.9. The fourth-order valence-corrected chi connectivity index (χ4v) is 4.54. The van der Waals surface area contributed by atoms with Crippen molar-refractivity contribution >= 4 is 5.69 Å². The van der Waals surface area contributed by atoms with Crippen LogP contribution in [0.5, 0.6) is 0 Å². The summed E-state index contributed by atoms with van der Waals surface area (Å²) in [5.41, 5.74) is 3.24. The first-order valence-corrected chi connectivity index (χ1v) is 11.1. The Bertz CT molecular complexity index is 668. The summed E-state index contributed by atoms with van der Waals surface area (Å²) in [4.78, 5) is 0. The van der Waals surface area contributed by atoms with Crippen LogP contribution in [0.2, 0.25) is 0 Å². The van der Waals surface area contributed by atoms with Crippen molar-refractivity contribution in [2.75, 3.05) is 31.7 Å². The zero-order valence-electron chi connectivity index (χ0n) is 19.4. The SMILES string of the molecule is CC1CC(OCCCOCCNc2ccccc2)=CC=C1C(C)(C)CC(C)(C)C. The van der Waals surface area contributed by atoms with Crippen LogP contribution in [0, 0.1) is 16.7 Å². The van der Waals surface area contributed by atoms with Gasteiger partial charge in [0.15, 0.2) is 0 Å². The highest BCUT2D eigenvalue weighted by Crippen LogP contribution is 2.44. The molecule has 0 aromatic heterocycles. The highest BCUT2D eigenvalue weighted by Gasteiger charge is 2.33. The number of benzene rings is 1. The molecule has 1 aromatic rings. The van der Waals surface area contributed by atoms with Crippen LogP contribution in [-0.4, -0.2) is 26.4 Å². The Morgan fingerprint density at radius 3 is 2.34 bits per heavy atom. The van der Waals surface area contributed by atoms with E-state index in [4.69, 9.17) is 9.47 Å². The van der Waals surface area contributed by atoms with Crippen molar-refractivity contribution < 1.29 is 9.47 Å². The van der Waals surface area contributed by atoms with Gasteiger partial charge in [-0.1, -0.05) is 71.4 Å². The summed E-state index contributed by atoms with van der Waals surface area (Å²) in [5, 5.41) is 3.35. The van der Waals surface area contributed by atoms with E-state index in [0.29, 0.717) is 17.9 Å². The highest BCUT2D eigenvalue weighted by molar-refractivity contribution is 5.42. The molecule has 0 saturated heterocycles. The van der Waals surface area contributed by atoms with Crippen molar-refractivity contribution in [2.24, 2.45) is 16.7 Å². The molecule has 0 radical (unpaired) electrons. The first kappa shape index (κ1) is 23.5. The smallest absolute Gasteiger partial charge is 0.0965 e. The molecule has 1 atom stereocenters. The standard InChI is InChI=1S/C26H41NO2/c1-21-19-23(13-14-24(21)26(5,6)20-25(2,3)4)29-17-10-16-28-18-15-27-22-11-8-7-9-12-22/h7-9,11-14,21,27H,10,15-20H2,1-6H3. The molecule has 0 saturated carbocycles. The lowest BCUT2D eigenvalue weighted by Gasteiger charge is -2.38. The molecule has 1 aliphatic rings. The molecule has 1 aliphatic carbocycles. The Kier molecular flexibility index (Phi) is 8.82. The van der Waals surface area contributed by atoms with E-state index in [2.05, 4.69) is 71.1 Å². The van der Waals surface area contributed by atoms with Crippen molar-refractivity contribution in [2.45, 2.75) is 60.8 Å². The monoisotopic (exact) mass is 399 g/mol. The molecular weight excluding hydrogens is 358 g/mol. The van der Waals surface area contributed by atoms with E-state index >= 15 is 0 Å². The molecule has 3 heteroatoms. The second-order valence-corrected chi connectivity index (χ2v) is 10.1. The highest BCUT2D eigenvalue weighted by atomic mass is 16.5. The van der Waals surface area contributed by atoms with E-state index in [0.717, 1.165) is 44.0 Å². The average molecular weight is 400 g/mol. The van der Waals surface area contributed by atoms with Crippen LogP contribution in [0.25, 0.3) is 0 Å². The molecule has 1 unspecified atom stereocenters. The van der Waals surface area contributed by atoms with Crippen LogP contribution in [0.3, 0.4) is 0 Å². The lowest BCUT2D eigenvalue weighted by molar-refractivity contribution is 0.109. The number of ether oxygens (including phenoxy) is 2. The number of rotatable bonds is 11. The predicted molar refractivity (Wildman–Crippen MR) is 124 cm³/mol. The van der Waals surface area contributed by atoms with E-state index in [1.165, 1.54) is 6.42 Å². The summed E-state index contributed by atoms with van der Waals surface area (Å²) in [6.45, 7) is 17.1. The largest absolute Gasteiger partial charge is 0.498 e. The van der Waals surface area contributed by atoms with Gasteiger partial charge < -0.3 is 14.8 Å². The Balaban J connectivity index is 1.64. The third-order valence-corrected chi connectivity index (χ3v) is 5.31. The number of nitrogens with one attached hydrogen (secondary N) is 1. The summed E-state index contributed by atoms with van der Waals surface area (Å²) in [5.74, 6) is 1.64. The molecule has 3 nitrogen and oxygen atoms in total. The number of hydrogen-bond acceptors (Lipinski definition) is 3. The van der Waals surface area contributed by atoms with Crippen LogP contribution in [0.1, 0.15) is 60.8 Å². The average Bonchev–Trinajstić information content (AvgIpc) is 2.62. The van der Waals surface area contributed by atoms with Crippen LogP contribution in [0.4, 0.5) is 5.69 Å². The van der Waals surface area contributed by atoms with E-state index in [9.17, 15) is 0 Å². The van der Waals surface area contributed by atoms with Crippen LogP contribution >= 0.6 is 0 Å². The lowest BCUT2D eigenvalue weighted by Crippen LogP contribution is -2.27. The Morgan fingerprint density at radius 2 is 1.69 bits per heavy atom. The number of allylic oxidation sites excluding steroid dienone is 4. The molecule has 0 heterocycles. The fraction of sp³-hybridized carbons (Fsp3) is 0.615. The molecule has 0 bridgehead atoms. The maximum atomic E-state index is 6.01. The number of anilines is 1.